The standard InChI is InChI=1S/C18H26N2O6/c1-24-14-10-13(11-15(25-2)18(14)26-3)12-19-20-16(21)8-6-4-5-7-9-17(22)23/h10-12H,4-9H2,1-3H3,(H,20,21)(H,22,23)/b19-12+. The van der Waals surface area contributed by atoms with Gasteiger partial charge in [-0.25, -0.2) is 5.43 Å². The number of carboxylic acid groups (broad SMARTS) is 1. The fraction of sp³-hybridized carbons (Fsp3) is 0.500. The van der Waals surface area contributed by atoms with Gasteiger partial charge in [-0.2, -0.15) is 5.10 Å². The number of carboxylic acids is 1. The third kappa shape index (κ3) is 7.42. The highest BCUT2D eigenvalue weighted by atomic mass is 16.5. The molecule has 0 radical (unpaired) electrons. The molecule has 0 heterocycles. The minimum atomic E-state index is -0.788. The number of nitrogens with one attached hydrogen (secondary N) is 1. The quantitative estimate of drug-likeness (QED) is 0.334. The number of amides is 1. The van der Waals surface area contributed by atoms with E-state index in [1.807, 2.05) is 0 Å². The van der Waals surface area contributed by atoms with Gasteiger partial charge >= 0.3 is 5.97 Å². The van der Waals surface area contributed by atoms with Gasteiger partial charge < -0.3 is 19.3 Å². The third-order valence-electron chi connectivity index (χ3n) is 3.63. The van der Waals surface area contributed by atoms with E-state index in [0.29, 0.717) is 42.1 Å². The monoisotopic (exact) mass is 366 g/mol. The van der Waals surface area contributed by atoms with Crippen LogP contribution in [0.3, 0.4) is 0 Å². The second-order valence-electron chi connectivity index (χ2n) is 5.56. The molecule has 0 fully saturated rings. The summed E-state index contributed by atoms with van der Waals surface area (Å²) in [6, 6.07) is 3.44. The maximum atomic E-state index is 11.7. The van der Waals surface area contributed by atoms with E-state index in [-0.39, 0.29) is 12.3 Å². The normalized spacial score (nSPS) is 10.6. The molecule has 1 aromatic rings. The Morgan fingerprint density at radius 3 is 2.08 bits per heavy atom. The number of ether oxygens (including phenoxy) is 3. The van der Waals surface area contributed by atoms with Gasteiger partial charge in [0.1, 0.15) is 0 Å². The van der Waals surface area contributed by atoms with Crippen LogP contribution in [0.25, 0.3) is 0 Å². The van der Waals surface area contributed by atoms with Crippen LogP contribution < -0.4 is 19.6 Å². The molecular formula is C18H26N2O6. The predicted molar refractivity (Wildman–Crippen MR) is 97.2 cm³/mol. The molecule has 0 saturated carbocycles. The lowest BCUT2D eigenvalue weighted by molar-refractivity contribution is -0.137. The second kappa shape index (κ2) is 11.7. The first-order valence-electron chi connectivity index (χ1n) is 8.35. The summed E-state index contributed by atoms with van der Waals surface area (Å²) in [6.45, 7) is 0. The Bertz CT molecular complexity index is 605. The van der Waals surface area contributed by atoms with Gasteiger partial charge in [0.15, 0.2) is 11.5 Å². The summed E-state index contributed by atoms with van der Waals surface area (Å²) >= 11 is 0. The van der Waals surface area contributed by atoms with Crippen LogP contribution in [0.1, 0.15) is 44.1 Å². The highest BCUT2D eigenvalue weighted by Crippen LogP contribution is 2.37. The zero-order valence-electron chi connectivity index (χ0n) is 15.4. The van der Waals surface area contributed by atoms with E-state index in [0.717, 1.165) is 12.8 Å². The van der Waals surface area contributed by atoms with Crippen LogP contribution in [0.4, 0.5) is 0 Å². The molecule has 0 bridgehead atoms. The first kappa shape index (κ1) is 21.3. The molecule has 0 aliphatic carbocycles. The summed E-state index contributed by atoms with van der Waals surface area (Å²) in [6.07, 6.45) is 4.97. The van der Waals surface area contributed by atoms with Crippen molar-refractivity contribution < 1.29 is 28.9 Å². The average Bonchev–Trinajstić information content (AvgIpc) is 2.63. The van der Waals surface area contributed by atoms with Crippen molar-refractivity contribution in [2.45, 2.75) is 38.5 Å². The van der Waals surface area contributed by atoms with Gasteiger partial charge in [0.25, 0.3) is 0 Å². The van der Waals surface area contributed by atoms with E-state index in [4.69, 9.17) is 19.3 Å². The number of unbranched alkanes of at least 4 members (excludes halogenated alkanes) is 3. The van der Waals surface area contributed by atoms with Gasteiger partial charge in [-0.3, -0.25) is 9.59 Å². The third-order valence-corrected chi connectivity index (χ3v) is 3.63. The van der Waals surface area contributed by atoms with E-state index in [2.05, 4.69) is 10.5 Å². The number of hydrazone groups is 1. The van der Waals surface area contributed by atoms with Gasteiger partial charge in [-0.1, -0.05) is 12.8 Å². The molecule has 1 rings (SSSR count). The van der Waals surface area contributed by atoms with Crippen molar-refractivity contribution in [2.24, 2.45) is 5.10 Å². The molecule has 0 aliphatic rings. The first-order valence-corrected chi connectivity index (χ1v) is 8.35. The molecule has 0 aliphatic heterocycles. The average molecular weight is 366 g/mol. The minimum Gasteiger partial charge on any atom is -0.493 e. The zero-order chi connectivity index (χ0) is 19.4. The van der Waals surface area contributed by atoms with Crippen molar-refractivity contribution in [1.29, 1.82) is 0 Å². The highest BCUT2D eigenvalue weighted by molar-refractivity contribution is 5.84. The number of carbonyl (C=O) groups is 2. The Kier molecular flexibility index (Phi) is 9.59. The van der Waals surface area contributed by atoms with E-state index < -0.39 is 5.97 Å². The van der Waals surface area contributed by atoms with Crippen LogP contribution >= 0.6 is 0 Å². The Morgan fingerprint density at radius 2 is 1.58 bits per heavy atom. The topological polar surface area (TPSA) is 106 Å². The number of carbonyl (C=O) groups excluding carboxylic acids is 1. The molecule has 1 aromatic carbocycles. The number of nitrogens with zero attached hydrogens (tertiary/aromatic N) is 1. The SMILES string of the molecule is COc1cc(/C=N/NC(=O)CCCCCCC(=O)O)cc(OC)c1OC. The summed E-state index contributed by atoms with van der Waals surface area (Å²) in [7, 11) is 4.57. The molecule has 0 atom stereocenters. The molecule has 26 heavy (non-hydrogen) atoms. The van der Waals surface area contributed by atoms with Gasteiger partial charge in [-0.05, 0) is 25.0 Å². The lowest BCUT2D eigenvalue weighted by atomic mass is 10.1. The van der Waals surface area contributed by atoms with Crippen molar-refractivity contribution in [3.63, 3.8) is 0 Å². The zero-order valence-corrected chi connectivity index (χ0v) is 15.4. The van der Waals surface area contributed by atoms with Crippen molar-refractivity contribution in [3.05, 3.63) is 17.7 Å². The van der Waals surface area contributed by atoms with Gasteiger partial charge in [0.2, 0.25) is 11.7 Å². The molecule has 0 spiro atoms. The first-order chi connectivity index (χ1) is 12.5. The number of benzene rings is 1. The molecule has 1 amide bonds. The number of aliphatic carboxylic acids is 1. The smallest absolute Gasteiger partial charge is 0.303 e. The van der Waals surface area contributed by atoms with E-state index >= 15 is 0 Å². The van der Waals surface area contributed by atoms with Crippen molar-refractivity contribution in [3.8, 4) is 17.2 Å². The van der Waals surface area contributed by atoms with E-state index in [1.165, 1.54) is 27.5 Å². The number of methoxy groups -OCH3 is 3. The maximum absolute atomic E-state index is 11.7. The van der Waals surface area contributed by atoms with Crippen LogP contribution in [0.15, 0.2) is 17.2 Å². The molecule has 0 unspecified atom stereocenters. The molecule has 8 heteroatoms. The summed E-state index contributed by atoms with van der Waals surface area (Å²) in [5.74, 6) is 0.511. The van der Waals surface area contributed by atoms with Gasteiger partial charge in [0.05, 0.1) is 27.5 Å². The van der Waals surface area contributed by atoms with Crippen LogP contribution in [0, 0.1) is 0 Å². The fourth-order valence-electron chi connectivity index (χ4n) is 2.33. The maximum Gasteiger partial charge on any atom is 0.303 e. The Hall–Kier alpha value is -2.77. The Balaban J connectivity index is 2.45. The molecule has 144 valence electrons. The molecule has 2 N–H and O–H groups in total. The second-order valence-corrected chi connectivity index (χ2v) is 5.56. The van der Waals surface area contributed by atoms with Crippen LogP contribution in [0.2, 0.25) is 0 Å². The number of rotatable bonds is 12. The highest BCUT2D eigenvalue weighted by Gasteiger charge is 2.12. The Morgan fingerprint density at radius 1 is 1.00 bits per heavy atom. The molecular weight excluding hydrogens is 340 g/mol. The predicted octanol–water partition coefficient (Wildman–Crippen LogP) is 2.59. The van der Waals surface area contributed by atoms with Crippen LogP contribution in [-0.4, -0.2) is 44.5 Å². The largest absolute Gasteiger partial charge is 0.493 e. The number of hydrogen-bond donors (Lipinski definition) is 2. The van der Waals surface area contributed by atoms with Crippen molar-refractivity contribution >= 4 is 18.1 Å². The minimum absolute atomic E-state index is 0.172. The molecule has 8 nitrogen and oxygen atoms in total. The van der Waals surface area contributed by atoms with E-state index in [1.54, 1.807) is 12.1 Å². The summed E-state index contributed by atoms with van der Waals surface area (Å²) in [5.41, 5.74) is 3.16. The van der Waals surface area contributed by atoms with Crippen LogP contribution in [-0.2, 0) is 9.59 Å². The lowest BCUT2D eigenvalue weighted by Crippen LogP contribution is -2.16. The van der Waals surface area contributed by atoms with Gasteiger partial charge in [-0.15, -0.1) is 0 Å². The fourth-order valence-corrected chi connectivity index (χ4v) is 2.33. The van der Waals surface area contributed by atoms with Gasteiger partial charge in [0, 0.05) is 18.4 Å². The molecule has 0 aromatic heterocycles. The van der Waals surface area contributed by atoms with Crippen molar-refractivity contribution in [1.82, 2.24) is 5.43 Å². The molecule has 0 saturated heterocycles. The summed E-state index contributed by atoms with van der Waals surface area (Å²) in [4.78, 5) is 22.1. The summed E-state index contributed by atoms with van der Waals surface area (Å²) < 4.78 is 15.8. The number of hydrogen-bond acceptors (Lipinski definition) is 6. The van der Waals surface area contributed by atoms with Crippen LogP contribution in [0.5, 0.6) is 17.2 Å². The van der Waals surface area contributed by atoms with E-state index in [9.17, 15) is 9.59 Å². The lowest BCUT2D eigenvalue weighted by Gasteiger charge is -2.12. The Labute approximate surface area is 153 Å². The van der Waals surface area contributed by atoms with Crippen molar-refractivity contribution in [2.75, 3.05) is 21.3 Å². The summed E-state index contributed by atoms with van der Waals surface area (Å²) in [5, 5.41) is 12.5.